The van der Waals surface area contributed by atoms with Gasteiger partial charge in [0, 0.05) is 17.8 Å². The third kappa shape index (κ3) is 4.23. The maximum absolute atomic E-state index is 12.6. The molecule has 0 saturated carbocycles. The van der Waals surface area contributed by atoms with Gasteiger partial charge < -0.3 is 5.32 Å². The molecule has 0 unspecified atom stereocenters. The lowest BCUT2D eigenvalue weighted by atomic mass is 10.1. The average Bonchev–Trinajstić information content (AvgIpc) is 3.27. The van der Waals surface area contributed by atoms with Gasteiger partial charge in [0.15, 0.2) is 0 Å². The molecule has 3 aromatic rings. The Hall–Kier alpha value is -2.54. The van der Waals surface area contributed by atoms with Crippen LogP contribution in [0.3, 0.4) is 0 Å². The number of rotatable bonds is 7. The summed E-state index contributed by atoms with van der Waals surface area (Å²) in [5.41, 5.74) is 1.07. The van der Waals surface area contributed by atoms with Gasteiger partial charge in [-0.25, -0.2) is 4.68 Å². The van der Waals surface area contributed by atoms with Crippen molar-refractivity contribution in [3.8, 4) is 0 Å². The first-order valence-electron chi connectivity index (χ1n) is 7.39. The van der Waals surface area contributed by atoms with Gasteiger partial charge in [0.2, 0.25) is 5.91 Å². The third-order valence-electron chi connectivity index (χ3n) is 3.51. The van der Waals surface area contributed by atoms with Crippen molar-refractivity contribution in [2.24, 2.45) is 0 Å². The highest BCUT2D eigenvalue weighted by atomic mass is 32.1. The van der Waals surface area contributed by atoms with Crippen molar-refractivity contribution in [2.75, 3.05) is 6.54 Å². The normalized spacial score (nSPS) is 12.0. The maximum Gasteiger partial charge on any atom is 0.245 e. The zero-order valence-corrected chi connectivity index (χ0v) is 13.3. The summed E-state index contributed by atoms with van der Waals surface area (Å²) >= 11 is 1.69. The summed E-state index contributed by atoms with van der Waals surface area (Å²) in [4.78, 5) is 13.8. The molecule has 0 bridgehead atoms. The fourth-order valence-electron chi connectivity index (χ4n) is 2.34. The number of tetrazole rings is 1. The fraction of sp³-hybridized carbons (Fsp3) is 0.250. The number of benzene rings is 1. The van der Waals surface area contributed by atoms with Crippen LogP contribution in [0.5, 0.6) is 0 Å². The Labute approximate surface area is 138 Å². The van der Waals surface area contributed by atoms with E-state index in [2.05, 4.69) is 26.9 Å². The van der Waals surface area contributed by atoms with Crippen LogP contribution < -0.4 is 5.32 Å². The predicted molar refractivity (Wildman–Crippen MR) is 88.0 cm³/mol. The van der Waals surface area contributed by atoms with Crippen molar-refractivity contribution < 1.29 is 4.79 Å². The largest absolute Gasteiger partial charge is 0.354 e. The van der Waals surface area contributed by atoms with Crippen LogP contribution in [-0.4, -0.2) is 32.7 Å². The van der Waals surface area contributed by atoms with E-state index >= 15 is 0 Å². The Morgan fingerprint density at radius 3 is 2.78 bits per heavy atom. The van der Waals surface area contributed by atoms with E-state index in [1.165, 1.54) is 15.9 Å². The number of hydrogen-bond acceptors (Lipinski definition) is 5. The molecule has 2 aromatic heterocycles. The molecular weight excluding hydrogens is 310 g/mol. The zero-order valence-electron chi connectivity index (χ0n) is 12.5. The Morgan fingerprint density at radius 1 is 1.22 bits per heavy atom. The highest BCUT2D eigenvalue weighted by molar-refractivity contribution is 7.09. The molecule has 1 atom stereocenters. The second-order valence-corrected chi connectivity index (χ2v) is 6.15. The summed E-state index contributed by atoms with van der Waals surface area (Å²) in [6.45, 7) is 0.604. The quantitative estimate of drug-likeness (QED) is 0.719. The Balaban J connectivity index is 1.64. The summed E-state index contributed by atoms with van der Waals surface area (Å²) < 4.78 is 1.51. The van der Waals surface area contributed by atoms with Crippen molar-refractivity contribution >= 4 is 17.2 Å². The predicted octanol–water partition coefficient (Wildman–Crippen LogP) is 1.88. The van der Waals surface area contributed by atoms with Gasteiger partial charge in [0.25, 0.3) is 0 Å². The van der Waals surface area contributed by atoms with E-state index in [-0.39, 0.29) is 5.91 Å². The molecule has 0 radical (unpaired) electrons. The molecule has 0 aliphatic heterocycles. The molecule has 1 N–H and O–H groups in total. The lowest BCUT2D eigenvalue weighted by molar-refractivity contribution is -0.124. The van der Waals surface area contributed by atoms with Gasteiger partial charge >= 0.3 is 0 Å². The van der Waals surface area contributed by atoms with E-state index < -0.39 is 6.04 Å². The Kier molecular flexibility index (Phi) is 5.10. The summed E-state index contributed by atoms with van der Waals surface area (Å²) in [6, 6.07) is 13.5. The number of carbonyl (C=O) groups is 1. The van der Waals surface area contributed by atoms with Crippen LogP contribution in [0.25, 0.3) is 0 Å². The second kappa shape index (κ2) is 7.64. The van der Waals surface area contributed by atoms with E-state index in [1.54, 1.807) is 11.3 Å². The fourth-order valence-corrected chi connectivity index (χ4v) is 3.05. The van der Waals surface area contributed by atoms with Gasteiger partial charge in [-0.15, -0.1) is 16.4 Å². The first-order chi connectivity index (χ1) is 11.3. The van der Waals surface area contributed by atoms with Gasteiger partial charge in [-0.3, -0.25) is 4.79 Å². The van der Waals surface area contributed by atoms with E-state index in [1.807, 2.05) is 41.8 Å². The van der Waals surface area contributed by atoms with Crippen LogP contribution in [0.15, 0.2) is 54.2 Å². The van der Waals surface area contributed by atoms with Crippen LogP contribution in [0.4, 0.5) is 0 Å². The van der Waals surface area contributed by atoms with Crippen molar-refractivity contribution in [2.45, 2.75) is 18.9 Å². The highest BCUT2D eigenvalue weighted by Gasteiger charge is 2.21. The minimum Gasteiger partial charge on any atom is -0.354 e. The molecule has 118 valence electrons. The third-order valence-corrected chi connectivity index (χ3v) is 4.45. The van der Waals surface area contributed by atoms with Gasteiger partial charge in [0.1, 0.15) is 12.4 Å². The molecule has 0 fully saturated rings. The zero-order chi connectivity index (χ0) is 15.9. The number of carbonyl (C=O) groups excluding carboxylic acids is 1. The SMILES string of the molecule is O=C(NCCc1cccs1)[C@H](Cc1ccccc1)n1cnnn1. The summed E-state index contributed by atoms with van der Waals surface area (Å²) in [5, 5.41) is 16.2. The lowest BCUT2D eigenvalue weighted by Crippen LogP contribution is -2.35. The van der Waals surface area contributed by atoms with Crippen molar-refractivity contribution in [1.82, 2.24) is 25.5 Å². The maximum atomic E-state index is 12.6. The molecule has 23 heavy (non-hydrogen) atoms. The molecule has 1 aromatic carbocycles. The van der Waals surface area contributed by atoms with Crippen LogP contribution in [0.2, 0.25) is 0 Å². The molecule has 3 rings (SSSR count). The van der Waals surface area contributed by atoms with E-state index in [0.29, 0.717) is 13.0 Å². The number of amides is 1. The van der Waals surface area contributed by atoms with Gasteiger partial charge in [-0.1, -0.05) is 36.4 Å². The highest BCUT2D eigenvalue weighted by Crippen LogP contribution is 2.13. The standard InChI is InChI=1S/C16H17N5OS/c22-16(17-9-8-14-7-4-10-23-14)15(21-12-18-19-20-21)11-13-5-2-1-3-6-13/h1-7,10,12,15H,8-9,11H2,(H,17,22)/t15-/m0/s1. The average molecular weight is 327 g/mol. The molecule has 0 aliphatic carbocycles. The van der Waals surface area contributed by atoms with E-state index in [9.17, 15) is 4.79 Å². The summed E-state index contributed by atoms with van der Waals surface area (Å²) in [5.74, 6) is -0.0716. The van der Waals surface area contributed by atoms with Crippen LogP contribution in [-0.2, 0) is 17.6 Å². The van der Waals surface area contributed by atoms with Gasteiger partial charge in [-0.05, 0) is 33.9 Å². The van der Waals surface area contributed by atoms with Gasteiger partial charge in [0.05, 0.1) is 0 Å². The topological polar surface area (TPSA) is 72.7 Å². The van der Waals surface area contributed by atoms with Crippen LogP contribution >= 0.6 is 11.3 Å². The lowest BCUT2D eigenvalue weighted by Gasteiger charge is -2.16. The van der Waals surface area contributed by atoms with Crippen molar-refractivity contribution in [3.63, 3.8) is 0 Å². The summed E-state index contributed by atoms with van der Waals surface area (Å²) in [6.07, 6.45) is 2.86. The van der Waals surface area contributed by atoms with E-state index in [4.69, 9.17) is 0 Å². The molecule has 2 heterocycles. The van der Waals surface area contributed by atoms with Crippen LogP contribution in [0, 0.1) is 0 Å². The molecule has 0 saturated heterocycles. The van der Waals surface area contributed by atoms with Crippen molar-refractivity contribution in [1.29, 1.82) is 0 Å². The van der Waals surface area contributed by atoms with Gasteiger partial charge in [-0.2, -0.15) is 0 Å². The molecule has 7 heteroatoms. The number of aromatic nitrogens is 4. The minimum atomic E-state index is -0.448. The second-order valence-electron chi connectivity index (χ2n) is 5.12. The first-order valence-corrected chi connectivity index (χ1v) is 8.27. The minimum absolute atomic E-state index is 0.0716. The number of hydrogen-bond donors (Lipinski definition) is 1. The first kappa shape index (κ1) is 15.4. The molecular formula is C16H17N5OS. The number of thiophene rings is 1. The summed E-state index contributed by atoms with van der Waals surface area (Å²) in [7, 11) is 0. The smallest absolute Gasteiger partial charge is 0.245 e. The Bertz CT molecular complexity index is 712. The van der Waals surface area contributed by atoms with Crippen molar-refractivity contribution in [3.05, 3.63) is 64.6 Å². The van der Waals surface area contributed by atoms with E-state index in [0.717, 1.165) is 12.0 Å². The monoisotopic (exact) mass is 327 g/mol. The molecule has 0 spiro atoms. The number of nitrogens with zero attached hydrogens (tertiary/aromatic N) is 4. The Morgan fingerprint density at radius 2 is 2.09 bits per heavy atom. The molecule has 0 aliphatic rings. The number of nitrogens with one attached hydrogen (secondary N) is 1. The van der Waals surface area contributed by atoms with Crippen LogP contribution in [0.1, 0.15) is 16.5 Å². The molecule has 6 nitrogen and oxygen atoms in total. The molecule has 1 amide bonds.